The Kier molecular flexibility index (Phi) is 5.00. The molecule has 26 heavy (non-hydrogen) atoms. The van der Waals surface area contributed by atoms with Gasteiger partial charge in [0.1, 0.15) is 5.75 Å². The predicted octanol–water partition coefficient (Wildman–Crippen LogP) is 4.54. The second kappa shape index (κ2) is 7.40. The van der Waals surface area contributed by atoms with E-state index in [-0.39, 0.29) is 17.9 Å². The summed E-state index contributed by atoms with van der Waals surface area (Å²) in [5, 5.41) is 4.74. The van der Waals surface area contributed by atoms with Crippen LogP contribution in [-0.2, 0) is 0 Å². The van der Waals surface area contributed by atoms with Gasteiger partial charge in [0, 0.05) is 34.5 Å². The number of piperidine rings is 1. The number of fused-ring (bicyclic) bond motifs is 2. The van der Waals surface area contributed by atoms with Gasteiger partial charge in [0.15, 0.2) is 0 Å². The molecule has 2 amide bonds. The van der Waals surface area contributed by atoms with E-state index in [1.54, 1.807) is 24.3 Å². The number of benzene rings is 1. The number of amides is 2. The van der Waals surface area contributed by atoms with Gasteiger partial charge < -0.3 is 15.0 Å². The standard InChI is InChI=1S/C19H19BrN2O3S/c20-12-9-17(26-11-12)18(23)21-13-4-5-16-15(10-13)19(24)22-7-2-1-3-14(22)6-8-25-16/h4-5,9-11,14H,1-3,6-8H2,(H,21,23)/t14-/m0/s1. The Morgan fingerprint density at radius 2 is 2.15 bits per heavy atom. The molecular formula is C19H19BrN2O3S. The molecule has 136 valence electrons. The van der Waals surface area contributed by atoms with Crippen LogP contribution in [-0.4, -0.2) is 35.9 Å². The van der Waals surface area contributed by atoms with Crippen LogP contribution in [0.25, 0.3) is 0 Å². The zero-order valence-electron chi connectivity index (χ0n) is 14.2. The lowest BCUT2D eigenvalue weighted by molar-refractivity contribution is 0.0548. The second-order valence-corrected chi connectivity index (χ2v) is 8.41. The summed E-state index contributed by atoms with van der Waals surface area (Å²) in [6.45, 7) is 1.40. The van der Waals surface area contributed by atoms with Crippen LogP contribution < -0.4 is 10.1 Å². The fraction of sp³-hybridized carbons (Fsp3) is 0.368. The number of carbonyl (C=O) groups is 2. The summed E-state index contributed by atoms with van der Waals surface area (Å²) in [6.07, 6.45) is 4.11. The maximum Gasteiger partial charge on any atom is 0.265 e. The molecule has 0 unspecified atom stereocenters. The van der Waals surface area contributed by atoms with Gasteiger partial charge >= 0.3 is 0 Å². The molecule has 1 aromatic carbocycles. The summed E-state index contributed by atoms with van der Waals surface area (Å²) < 4.78 is 6.71. The van der Waals surface area contributed by atoms with E-state index in [0.29, 0.717) is 28.5 Å². The fourth-order valence-electron chi connectivity index (χ4n) is 3.55. The molecule has 1 saturated heterocycles. The van der Waals surface area contributed by atoms with Crippen LogP contribution in [0, 0.1) is 0 Å². The van der Waals surface area contributed by atoms with Crippen LogP contribution in [0.1, 0.15) is 45.7 Å². The molecule has 2 aliphatic rings. The van der Waals surface area contributed by atoms with Crippen LogP contribution >= 0.6 is 27.3 Å². The number of nitrogens with one attached hydrogen (secondary N) is 1. The Labute approximate surface area is 164 Å². The quantitative estimate of drug-likeness (QED) is 0.754. The third-order valence-electron chi connectivity index (χ3n) is 4.86. The van der Waals surface area contributed by atoms with E-state index in [1.807, 2.05) is 10.3 Å². The van der Waals surface area contributed by atoms with E-state index in [0.717, 1.165) is 36.7 Å². The van der Waals surface area contributed by atoms with E-state index in [4.69, 9.17) is 4.74 Å². The van der Waals surface area contributed by atoms with Gasteiger partial charge in [-0.2, -0.15) is 0 Å². The Morgan fingerprint density at radius 3 is 2.96 bits per heavy atom. The molecular weight excluding hydrogens is 416 g/mol. The lowest BCUT2D eigenvalue weighted by Gasteiger charge is -2.37. The highest BCUT2D eigenvalue weighted by atomic mass is 79.9. The van der Waals surface area contributed by atoms with Crippen molar-refractivity contribution >= 4 is 44.8 Å². The highest BCUT2D eigenvalue weighted by Gasteiger charge is 2.31. The molecule has 5 nitrogen and oxygen atoms in total. The number of anilines is 1. The third-order valence-corrected chi connectivity index (χ3v) is 6.55. The number of ether oxygens (including phenoxy) is 1. The van der Waals surface area contributed by atoms with Crippen molar-refractivity contribution in [2.75, 3.05) is 18.5 Å². The number of hydrogen-bond acceptors (Lipinski definition) is 4. The number of halogens is 1. The number of rotatable bonds is 2. The van der Waals surface area contributed by atoms with E-state index in [2.05, 4.69) is 21.2 Å². The minimum atomic E-state index is -0.185. The predicted molar refractivity (Wildman–Crippen MR) is 105 cm³/mol. The molecule has 1 N–H and O–H groups in total. The topological polar surface area (TPSA) is 58.6 Å². The normalized spacial score (nSPS) is 19.7. The second-order valence-electron chi connectivity index (χ2n) is 6.58. The van der Waals surface area contributed by atoms with E-state index < -0.39 is 0 Å². The molecule has 0 aliphatic carbocycles. The fourth-order valence-corrected chi connectivity index (χ4v) is 4.87. The molecule has 0 bridgehead atoms. The molecule has 0 saturated carbocycles. The Bertz CT molecular complexity index is 851. The first-order valence-electron chi connectivity index (χ1n) is 8.75. The van der Waals surface area contributed by atoms with Gasteiger partial charge in [0.2, 0.25) is 0 Å². The third kappa shape index (κ3) is 3.50. The summed E-state index contributed by atoms with van der Waals surface area (Å²) in [6, 6.07) is 7.32. The minimum absolute atomic E-state index is 0.000586. The molecule has 2 aromatic rings. The Balaban J connectivity index is 1.60. The van der Waals surface area contributed by atoms with Gasteiger partial charge in [0.25, 0.3) is 11.8 Å². The molecule has 4 rings (SSSR count). The number of carbonyl (C=O) groups excluding carboxylic acids is 2. The van der Waals surface area contributed by atoms with Crippen LogP contribution in [0.15, 0.2) is 34.1 Å². The zero-order chi connectivity index (χ0) is 18.1. The maximum absolute atomic E-state index is 13.1. The molecule has 2 aliphatic heterocycles. The molecule has 1 fully saturated rings. The van der Waals surface area contributed by atoms with Crippen LogP contribution in [0.4, 0.5) is 5.69 Å². The smallest absolute Gasteiger partial charge is 0.265 e. The van der Waals surface area contributed by atoms with Crippen molar-refractivity contribution in [1.29, 1.82) is 0 Å². The molecule has 7 heteroatoms. The summed E-state index contributed by atoms with van der Waals surface area (Å²) >= 11 is 4.72. The van der Waals surface area contributed by atoms with Crippen molar-refractivity contribution in [3.05, 3.63) is 44.6 Å². The monoisotopic (exact) mass is 434 g/mol. The van der Waals surface area contributed by atoms with Crippen molar-refractivity contribution in [2.24, 2.45) is 0 Å². The van der Waals surface area contributed by atoms with Crippen molar-refractivity contribution in [1.82, 2.24) is 4.90 Å². The summed E-state index contributed by atoms with van der Waals surface area (Å²) in [7, 11) is 0. The van der Waals surface area contributed by atoms with Gasteiger partial charge in [-0.25, -0.2) is 0 Å². The van der Waals surface area contributed by atoms with E-state index >= 15 is 0 Å². The molecule has 3 heterocycles. The highest BCUT2D eigenvalue weighted by Crippen LogP contribution is 2.31. The summed E-state index contributed by atoms with van der Waals surface area (Å²) in [5.74, 6) is 0.408. The van der Waals surface area contributed by atoms with Crippen molar-refractivity contribution < 1.29 is 14.3 Å². The molecule has 1 atom stereocenters. The minimum Gasteiger partial charge on any atom is -0.493 e. The highest BCUT2D eigenvalue weighted by molar-refractivity contribution is 9.10. The lowest BCUT2D eigenvalue weighted by Crippen LogP contribution is -2.45. The van der Waals surface area contributed by atoms with Crippen molar-refractivity contribution in [3.63, 3.8) is 0 Å². The van der Waals surface area contributed by atoms with E-state index in [9.17, 15) is 9.59 Å². The van der Waals surface area contributed by atoms with E-state index in [1.165, 1.54) is 11.3 Å². The van der Waals surface area contributed by atoms with Crippen LogP contribution in [0.3, 0.4) is 0 Å². The lowest BCUT2D eigenvalue weighted by atomic mass is 9.97. The van der Waals surface area contributed by atoms with Gasteiger partial charge in [-0.05, 0) is 59.5 Å². The van der Waals surface area contributed by atoms with Crippen molar-refractivity contribution in [3.8, 4) is 5.75 Å². The first kappa shape index (κ1) is 17.5. The molecule has 1 aromatic heterocycles. The average Bonchev–Trinajstić information content (AvgIpc) is 3.08. The Morgan fingerprint density at radius 1 is 1.27 bits per heavy atom. The number of nitrogens with zero attached hydrogens (tertiary/aromatic N) is 1. The van der Waals surface area contributed by atoms with Gasteiger partial charge in [-0.1, -0.05) is 0 Å². The Hall–Kier alpha value is -1.86. The van der Waals surface area contributed by atoms with Crippen LogP contribution in [0.2, 0.25) is 0 Å². The number of thiophene rings is 1. The first-order chi connectivity index (χ1) is 12.6. The largest absolute Gasteiger partial charge is 0.493 e. The van der Waals surface area contributed by atoms with Gasteiger partial charge in [-0.15, -0.1) is 11.3 Å². The SMILES string of the molecule is O=C(Nc1ccc2c(c1)C(=O)N1CCCC[C@H]1CCO2)c1cc(Br)cs1. The maximum atomic E-state index is 13.1. The first-order valence-corrected chi connectivity index (χ1v) is 10.4. The molecule has 0 radical (unpaired) electrons. The van der Waals surface area contributed by atoms with Gasteiger partial charge in [0.05, 0.1) is 17.0 Å². The summed E-state index contributed by atoms with van der Waals surface area (Å²) in [5.41, 5.74) is 1.13. The van der Waals surface area contributed by atoms with Crippen LogP contribution in [0.5, 0.6) is 5.75 Å². The zero-order valence-corrected chi connectivity index (χ0v) is 16.6. The van der Waals surface area contributed by atoms with Gasteiger partial charge in [-0.3, -0.25) is 9.59 Å². The summed E-state index contributed by atoms with van der Waals surface area (Å²) in [4.78, 5) is 28.0. The average molecular weight is 435 g/mol. The molecule has 0 spiro atoms. The number of hydrogen-bond donors (Lipinski definition) is 1. The van der Waals surface area contributed by atoms with Crippen molar-refractivity contribution in [2.45, 2.75) is 31.7 Å².